The third-order valence-electron chi connectivity index (χ3n) is 3.02. The molecule has 0 aliphatic rings. The van der Waals surface area contributed by atoms with Crippen molar-refractivity contribution in [3.8, 4) is 16.9 Å². The SMILES string of the molecule is FC(F)(F)c1ccc(-n2cc(-c3ccccc3)nn2)cc1. The molecular weight excluding hydrogens is 279 g/mol. The fraction of sp³-hybridized carbons (Fsp3) is 0.0667. The molecule has 0 unspecified atom stereocenters. The number of hydrogen-bond donors (Lipinski definition) is 0. The van der Waals surface area contributed by atoms with Crippen LogP contribution in [0.2, 0.25) is 0 Å². The maximum absolute atomic E-state index is 12.5. The van der Waals surface area contributed by atoms with Gasteiger partial charge in [-0.15, -0.1) is 5.10 Å². The first kappa shape index (κ1) is 13.4. The third kappa shape index (κ3) is 2.79. The fourth-order valence-electron chi connectivity index (χ4n) is 1.93. The highest BCUT2D eigenvalue weighted by atomic mass is 19.4. The molecule has 0 spiro atoms. The van der Waals surface area contributed by atoms with Crippen LogP contribution in [0, 0.1) is 0 Å². The van der Waals surface area contributed by atoms with Gasteiger partial charge in [0.05, 0.1) is 17.4 Å². The summed E-state index contributed by atoms with van der Waals surface area (Å²) in [5.74, 6) is 0. The van der Waals surface area contributed by atoms with Crippen LogP contribution < -0.4 is 0 Å². The van der Waals surface area contributed by atoms with Gasteiger partial charge < -0.3 is 0 Å². The molecule has 0 atom stereocenters. The van der Waals surface area contributed by atoms with Gasteiger partial charge in [0, 0.05) is 5.56 Å². The zero-order valence-corrected chi connectivity index (χ0v) is 10.7. The van der Waals surface area contributed by atoms with E-state index in [0.717, 1.165) is 17.7 Å². The lowest BCUT2D eigenvalue weighted by molar-refractivity contribution is -0.137. The van der Waals surface area contributed by atoms with Gasteiger partial charge in [-0.1, -0.05) is 35.5 Å². The van der Waals surface area contributed by atoms with Gasteiger partial charge in [0.2, 0.25) is 0 Å². The van der Waals surface area contributed by atoms with Gasteiger partial charge in [-0.3, -0.25) is 0 Å². The Morgan fingerprint density at radius 3 is 2.14 bits per heavy atom. The van der Waals surface area contributed by atoms with Gasteiger partial charge in [0.1, 0.15) is 5.69 Å². The van der Waals surface area contributed by atoms with E-state index in [-0.39, 0.29) is 0 Å². The summed E-state index contributed by atoms with van der Waals surface area (Å²) in [4.78, 5) is 0. The summed E-state index contributed by atoms with van der Waals surface area (Å²) in [5.41, 5.74) is 1.40. The molecule has 0 radical (unpaired) electrons. The van der Waals surface area contributed by atoms with Crippen LogP contribution in [0.5, 0.6) is 0 Å². The molecule has 0 bridgehead atoms. The third-order valence-corrected chi connectivity index (χ3v) is 3.02. The molecule has 106 valence electrons. The first-order valence-electron chi connectivity index (χ1n) is 6.19. The smallest absolute Gasteiger partial charge is 0.220 e. The minimum atomic E-state index is -4.34. The second-order valence-corrected chi connectivity index (χ2v) is 4.46. The number of alkyl halides is 3. The molecule has 0 saturated heterocycles. The lowest BCUT2D eigenvalue weighted by Crippen LogP contribution is -2.05. The Hall–Kier alpha value is -2.63. The fourth-order valence-corrected chi connectivity index (χ4v) is 1.93. The Kier molecular flexibility index (Phi) is 3.21. The van der Waals surface area contributed by atoms with Crippen LogP contribution in [-0.2, 0) is 6.18 Å². The molecule has 1 aromatic heterocycles. The van der Waals surface area contributed by atoms with Crippen LogP contribution in [-0.4, -0.2) is 15.0 Å². The van der Waals surface area contributed by atoms with Gasteiger partial charge >= 0.3 is 6.18 Å². The van der Waals surface area contributed by atoms with Crippen molar-refractivity contribution in [3.05, 3.63) is 66.4 Å². The largest absolute Gasteiger partial charge is 0.416 e. The normalized spacial score (nSPS) is 11.6. The molecule has 2 aromatic carbocycles. The number of nitrogens with zero attached hydrogens (tertiary/aromatic N) is 3. The number of benzene rings is 2. The highest BCUT2D eigenvalue weighted by Gasteiger charge is 2.30. The number of halogens is 3. The van der Waals surface area contributed by atoms with Crippen molar-refractivity contribution < 1.29 is 13.2 Å². The van der Waals surface area contributed by atoms with E-state index in [1.165, 1.54) is 16.8 Å². The van der Waals surface area contributed by atoms with E-state index in [9.17, 15) is 13.2 Å². The van der Waals surface area contributed by atoms with Crippen molar-refractivity contribution in [2.75, 3.05) is 0 Å². The first-order valence-corrected chi connectivity index (χ1v) is 6.19. The molecular formula is C15H10F3N3. The molecule has 0 aliphatic carbocycles. The summed E-state index contributed by atoms with van der Waals surface area (Å²) >= 11 is 0. The molecule has 0 aliphatic heterocycles. The maximum atomic E-state index is 12.5. The Balaban J connectivity index is 1.90. The molecule has 0 saturated carbocycles. The van der Waals surface area contributed by atoms with Crippen molar-refractivity contribution in [3.63, 3.8) is 0 Å². The highest BCUT2D eigenvalue weighted by Crippen LogP contribution is 2.29. The quantitative estimate of drug-likeness (QED) is 0.715. The van der Waals surface area contributed by atoms with Crippen molar-refractivity contribution >= 4 is 0 Å². The van der Waals surface area contributed by atoms with E-state index in [1.807, 2.05) is 30.3 Å². The van der Waals surface area contributed by atoms with Crippen LogP contribution in [0.4, 0.5) is 13.2 Å². The van der Waals surface area contributed by atoms with Crippen LogP contribution in [0.15, 0.2) is 60.8 Å². The van der Waals surface area contributed by atoms with Crippen molar-refractivity contribution in [2.24, 2.45) is 0 Å². The van der Waals surface area contributed by atoms with E-state index in [1.54, 1.807) is 6.20 Å². The summed E-state index contributed by atoms with van der Waals surface area (Å²) < 4.78 is 39.0. The Morgan fingerprint density at radius 1 is 0.857 bits per heavy atom. The lowest BCUT2D eigenvalue weighted by atomic mass is 10.2. The molecule has 3 aromatic rings. The van der Waals surface area contributed by atoms with Crippen LogP contribution in [0.25, 0.3) is 16.9 Å². The summed E-state index contributed by atoms with van der Waals surface area (Å²) in [6, 6.07) is 14.2. The minimum absolute atomic E-state index is 0.526. The summed E-state index contributed by atoms with van der Waals surface area (Å²) in [6.07, 6.45) is -2.66. The van der Waals surface area contributed by atoms with Gasteiger partial charge in [-0.25, -0.2) is 4.68 Å². The standard InChI is InChI=1S/C15H10F3N3/c16-15(17,18)12-6-8-13(9-7-12)21-10-14(19-20-21)11-4-2-1-3-5-11/h1-10H. The highest BCUT2D eigenvalue weighted by molar-refractivity contribution is 5.57. The van der Waals surface area contributed by atoms with Gasteiger partial charge in [0.15, 0.2) is 0 Å². The summed E-state index contributed by atoms with van der Waals surface area (Å²) in [5, 5.41) is 7.96. The number of rotatable bonds is 2. The van der Waals surface area contributed by atoms with E-state index in [2.05, 4.69) is 10.3 Å². The monoisotopic (exact) mass is 289 g/mol. The zero-order chi connectivity index (χ0) is 14.9. The van der Waals surface area contributed by atoms with Crippen LogP contribution >= 0.6 is 0 Å². The molecule has 0 N–H and O–H groups in total. The Bertz CT molecular complexity index is 731. The predicted molar refractivity (Wildman–Crippen MR) is 71.8 cm³/mol. The van der Waals surface area contributed by atoms with Crippen LogP contribution in [0.3, 0.4) is 0 Å². The van der Waals surface area contributed by atoms with E-state index in [0.29, 0.717) is 11.4 Å². The molecule has 0 fully saturated rings. The maximum Gasteiger partial charge on any atom is 0.416 e. The molecule has 3 nitrogen and oxygen atoms in total. The van der Waals surface area contributed by atoms with E-state index < -0.39 is 11.7 Å². The zero-order valence-electron chi connectivity index (χ0n) is 10.7. The van der Waals surface area contributed by atoms with Crippen molar-refractivity contribution in [1.82, 2.24) is 15.0 Å². The van der Waals surface area contributed by atoms with Gasteiger partial charge in [0.25, 0.3) is 0 Å². The Morgan fingerprint density at radius 2 is 1.52 bits per heavy atom. The molecule has 6 heteroatoms. The number of hydrogen-bond acceptors (Lipinski definition) is 2. The molecule has 21 heavy (non-hydrogen) atoms. The Labute approximate surface area is 118 Å². The van der Waals surface area contributed by atoms with Gasteiger partial charge in [-0.05, 0) is 24.3 Å². The summed E-state index contributed by atoms with van der Waals surface area (Å²) in [7, 11) is 0. The molecule has 3 rings (SSSR count). The molecule has 0 amide bonds. The van der Waals surface area contributed by atoms with Gasteiger partial charge in [-0.2, -0.15) is 13.2 Å². The topological polar surface area (TPSA) is 30.7 Å². The van der Waals surface area contributed by atoms with E-state index in [4.69, 9.17) is 0 Å². The summed E-state index contributed by atoms with van der Waals surface area (Å²) in [6.45, 7) is 0. The van der Waals surface area contributed by atoms with Crippen LogP contribution in [0.1, 0.15) is 5.56 Å². The molecule has 1 heterocycles. The van der Waals surface area contributed by atoms with E-state index >= 15 is 0 Å². The predicted octanol–water partition coefficient (Wildman–Crippen LogP) is 3.95. The van der Waals surface area contributed by atoms with Crippen molar-refractivity contribution in [1.29, 1.82) is 0 Å². The second kappa shape index (κ2) is 5.05. The minimum Gasteiger partial charge on any atom is -0.220 e. The second-order valence-electron chi connectivity index (χ2n) is 4.46. The lowest BCUT2D eigenvalue weighted by Gasteiger charge is -2.07. The van der Waals surface area contributed by atoms with Crippen molar-refractivity contribution in [2.45, 2.75) is 6.18 Å². The first-order chi connectivity index (χ1) is 10.0. The average Bonchev–Trinajstić information content (AvgIpc) is 2.97. The number of aromatic nitrogens is 3. The average molecular weight is 289 g/mol.